The van der Waals surface area contributed by atoms with Gasteiger partial charge in [-0.15, -0.1) is 0 Å². The number of benzene rings is 1. The van der Waals surface area contributed by atoms with Crippen molar-refractivity contribution in [3.63, 3.8) is 0 Å². The molecule has 0 saturated heterocycles. The van der Waals surface area contributed by atoms with E-state index in [-0.39, 0.29) is 5.91 Å². The number of nitrogens with zero attached hydrogens (tertiary/aromatic N) is 3. The first kappa shape index (κ1) is 17.0. The average Bonchev–Trinajstić information content (AvgIpc) is 2.91. The molecular weight excluding hydrogens is 334 g/mol. The van der Waals surface area contributed by atoms with Gasteiger partial charge in [0, 0.05) is 37.0 Å². The first-order valence-corrected chi connectivity index (χ1v) is 8.92. The molecule has 6 nitrogen and oxygen atoms in total. The molecule has 1 amide bonds. The molecule has 1 aromatic carbocycles. The fourth-order valence-electron chi connectivity index (χ4n) is 2.70. The van der Waals surface area contributed by atoms with E-state index < -0.39 is 0 Å². The summed E-state index contributed by atoms with van der Waals surface area (Å²) in [5.41, 5.74) is 10.3. The molecule has 2 heterocycles. The van der Waals surface area contributed by atoms with Crippen LogP contribution in [0.15, 0.2) is 47.8 Å². The number of pyridine rings is 1. The summed E-state index contributed by atoms with van der Waals surface area (Å²) < 4.78 is 2.05. The number of hydrogen-bond acceptors (Lipinski definition) is 5. The third kappa shape index (κ3) is 3.51. The number of hydrogen-bond donors (Lipinski definition) is 2. The Kier molecular flexibility index (Phi) is 4.76. The highest BCUT2D eigenvalue weighted by atomic mass is 32.2. The smallest absolute Gasteiger partial charge is 0.222 e. The van der Waals surface area contributed by atoms with Crippen LogP contribution >= 0.6 is 11.8 Å². The third-order valence-electron chi connectivity index (χ3n) is 3.73. The van der Waals surface area contributed by atoms with Gasteiger partial charge in [0.05, 0.1) is 11.4 Å². The van der Waals surface area contributed by atoms with Crippen LogP contribution in [0.3, 0.4) is 0 Å². The Labute approximate surface area is 150 Å². The predicted octanol–water partition coefficient (Wildman–Crippen LogP) is 3.41. The van der Waals surface area contributed by atoms with Crippen molar-refractivity contribution >= 4 is 29.2 Å². The highest BCUT2D eigenvalue weighted by molar-refractivity contribution is 7.98. The van der Waals surface area contributed by atoms with Gasteiger partial charge in [0.2, 0.25) is 5.91 Å². The van der Waals surface area contributed by atoms with Gasteiger partial charge < -0.3 is 15.6 Å². The molecule has 128 valence electrons. The summed E-state index contributed by atoms with van der Waals surface area (Å²) in [5.74, 6) is 0.339. The Morgan fingerprint density at radius 2 is 2.04 bits per heavy atom. The Balaban J connectivity index is 2.18. The molecule has 25 heavy (non-hydrogen) atoms. The van der Waals surface area contributed by atoms with Gasteiger partial charge in [-0.1, -0.05) is 23.9 Å². The lowest BCUT2D eigenvalue weighted by Crippen LogP contribution is -2.07. The van der Waals surface area contributed by atoms with Gasteiger partial charge >= 0.3 is 0 Å². The van der Waals surface area contributed by atoms with E-state index in [1.54, 1.807) is 18.0 Å². The van der Waals surface area contributed by atoms with Crippen LogP contribution in [0.25, 0.3) is 22.5 Å². The van der Waals surface area contributed by atoms with E-state index >= 15 is 0 Å². The Morgan fingerprint density at radius 1 is 1.24 bits per heavy atom. The number of nitrogens with two attached hydrogens (primary N) is 1. The van der Waals surface area contributed by atoms with Crippen LogP contribution in [0.4, 0.5) is 11.5 Å². The molecule has 0 atom stereocenters. The van der Waals surface area contributed by atoms with Crippen molar-refractivity contribution < 1.29 is 4.79 Å². The molecule has 0 aliphatic rings. The lowest BCUT2D eigenvalue weighted by atomic mass is 10.0. The van der Waals surface area contributed by atoms with Gasteiger partial charge in [-0.3, -0.25) is 4.79 Å². The lowest BCUT2D eigenvalue weighted by Gasteiger charge is -2.09. The molecule has 0 spiro atoms. The van der Waals surface area contributed by atoms with Crippen molar-refractivity contribution in [2.45, 2.75) is 12.1 Å². The number of anilines is 2. The number of rotatable bonds is 4. The van der Waals surface area contributed by atoms with Gasteiger partial charge in [0.15, 0.2) is 5.16 Å². The molecule has 0 aliphatic carbocycles. The summed E-state index contributed by atoms with van der Waals surface area (Å²) in [5, 5.41) is 3.60. The quantitative estimate of drug-likeness (QED) is 0.554. The molecule has 0 unspecified atom stereocenters. The normalized spacial score (nSPS) is 10.7. The van der Waals surface area contributed by atoms with Crippen molar-refractivity contribution in [3.8, 4) is 22.5 Å². The second-order valence-corrected chi connectivity index (χ2v) is 6.36. The zero-order valence-electron chi connectivity index (χ0n) is 14.3. The molecule has 3 rings (SSSR count). The predicted molar refractivity (Wildman–Crippen MR) is 102 cm³/mol. The number of carbonyl (C=O) groups is 1. The monoisotopic (exact) mass is 353 g/mol. The van der Waals surface area contributed by atoms with Crippen LogP contribution in [0.5, 0.6) is 0 Å². The van der Waals surface area contributed by atoms with Crippen LogP contribution in [-0.4, -0.2) is 26.7 Å². The number of nitrogens with one attached hydrogen (secondary N) is 1. The number of nitrogen functional groups attached to an aromatic ring is 1. The fraction of sp³-hybridized carbons (Fsp3) is 0.167. The lowest BCUT2D eigenvalue weighted by molar-refractivity contribution is -0.114. The van der Waals surface area contributed by atoms with E-state index in [0.29, 0.717) is 11.5 Å². The number of carbonyl (C=O) groups excluding carboxylic acids is 1. The minimum atomic E-state index is -0.161. The number of thioether (sulfide) groups is 1. The highest BCUT2D eigenvalue weighted by Gasteiger charge is 2.18. The van der Waals surface area contributed by atoms with Crippen molar-refractivity contribution in [1.82, 2.24) is 14.5 Å². The average molecular weight is 353 g/mol. The molecule has 0 saturated carbocycles. The minimum absolute atomic E-state index is 0.161. The molecular formula is C18H19N5OS. The molecule has 7 heteroatoms. The summed E-state index contributed by atoms with van der Waals surface area (Å²) in [6.45, 7) is 1.46. The standard InChI is InChI=1S/C18H19N5OS/c1-11(24)21-15-10-12(7-8-20-15)16-17(23(2)18(22-16)25-3)13-5-4-6-14(19)9-13/h4-10H,19H2,1-3H3,(H,20,21,24). The number of aromatic nitrogens is 3. The largest absolute Gasteiger partial charge is 0.399 e. The Hall–Kier alpha value is -2.80. The van der Waals surface area contributed by atoms with Crippen LogP contribution in [-0.2, 0) is 11.8 Å². The van der Waals surface area contributed by atoms with Crippen molar-refractivity contribution in [2.24, 2.45) is 7.05 Å². The van der Waals surface area contributed by atoms with Crippen LogP contribution in [0.1, 0.15) is 6.92 Å². The van der Waals surface area contributed by atoms with E-state index in [4.69, 9.17) is 10.7 Å². The first-order valence-electron chi connectivity index (χ1n) is 7.70. The Morgan fingerprint density at radius 3 is 2.72 bits per heavy atom. The van der Waals surface area contributed by atoms with Crippen LogP contribution < -0.4 is 11.1 Å². The van der Waals surface area contributed by atoms with Gasteiger partial charge in [-0.25, -0.2) is 9.97 Å². The maximum absolute atomic E-state index is 11.3. The molecule has 0 bridgehead atoms. The second kappa shape index (κ2) is 6.98. The summed E-state index contributed by atoms with van der Waals surface area (Å²) >= 11 is 1.57. The topological polar surface area (TPSA) is 85.8 Å². The molecule has 0 radical (unpaired) electrons. The zero-order chi connectivity index (χ0) is 18.0. The van der Waals surface area contributed by atoms with Gasteiger partial charge in [0.25, 0.3) is 0 Å². The Bertz CT molecular complexity index is 935. The highest BCUT2D eigenvalue weighted by Crippen LogP contribution is 2.35. The molecule has 3 N–H and O–H groups in total. The minimum Gasteiger partial charge on any atom is -0.399 e. The van der Waals surface area contributed by atoms with E-state index in [1.165, 1.54) is 6.92 Å². The molecule has 2 aromatic heterocycles. The summed E-state index contributed by atoms with van der Waals surface area (Å²) in [6.07, 6.45) is 3.65. The number of imidazole rings is 1. The van der Waals surface area contributed by atoms with E-state index in [2.05, 4.69) is 10.3 Å². The second-order valence-electron chi connectivity index (χ2n) is 5.59. The fourth-order valence-corrected chi connectivity index (χ4v) is 3.25. The molecule has 0 fully saturated rings. The van der Waals surface area contributed by atoms with E-state index in [1.807, 2.05) is 54.3 Å². The number of amides is 1. The maximum Gasteiger partial charge on any atom is 0.222 e. The summed E-state index contributed by atoms with van der Waals surface area (Å²) in [7, 11) is 1.98. The van der Waals surface area contributed by atoms with Gasteiger partial charge in [-0.2, -0.15) is 0 Å². The first-order chi connectivity index (χ1) is 12.0. The SMILES string of the molecule is CSc1nc(-c2ccnc(NC(C)=O)c2)c(-c2cccc(N)c2)n1C. The maximum atomic E-state index is 11.3. The van der Waals surface area contributed by atoms with E-state index in [9.17, 15) is 4.79 Å². The third-order valence-corrected chi connectivity index (χ3v) is 4.46. The summed E-state index contributed by atoms with van der Waals surface area (Å²) in [4.78, 5) is 20.3. The molecule has 3 aromatic rings. The van der Waals surface area contributed by atoms with Crippen molar-refractivity contribution in [1.29, 1.82) is 0 Å². The van der Waals surface area contributed by atoms with Gasteiger partial charge in [-0.05, 0) is 30.5 Å². The zero-order valence-corrected chi connectivity index (χ0v) is 15.1. The van der Waals surface area contributed by atoms with Crippen LogP contribution in [0, 0.1) is 0 Å². The summed E-state index contributed by atoms with van der Waals surface area (Å²) in [6, 6.07) is 11.4. The molecule has 0 aliphatic heterocycles. The van der Waals surface area contributed by atoms with E-state index in [0.717, 1.165) is 27.7 Å². The van der Waals surface area contributed by atoms with Crippen LogP contribution in [0.2, 0.25) is 0 Å². The van der Waals surface area contributed by atoms with Crippen molar-refractivity contribution in [2.75, 3.05) is 17.3 Å². The van der Waals surface area contributed by atoms with Gasteiger partial charge in [0.1, 0.15) is 5.82 Å². The van der Waals surface area contributed by atoms with Crippen molar-refractivity contribution in [3.05, 3.63) is 42.6 Å².